The lowest BCUT2D eigenvalue weighted by molar-refractivity contribution is 0.294. The van der Waals surface area contributed by atoms with Crippen LogP contribution in [0.4, 0.5) is 0 Å². The molecule has 2 aromatic rings. The molecule has 0 radical (unpaired) electrons. The van der Waals surface area contributed by atoms with E-state index in [1.54, 1.807) is 13.2 Å². The normalized spacial score (nSPS) is 22.5. The molecule has 188 valence electrons. The Labute approximate surface area is 205 Å². The summed E-state index contributed by atoms with van der Waals surface area (Å²) in [6.07, 6.45) is 3.42. The average molecular weight is 509 g/mol. The van der Waals surface area contributed by atoms with Crippen LogP contribution in [0, 0.1) is 0 Å². The minimum Gasteiger partial charge on any atom is -0.496 e. The molecule has 3 N–H and O–H groups in total. The number of methoxy groups -OCH3 is 1. The molecule has 0 saturated carbocycles. The minimum absolute atomic E-state index is 0.0372. The van der Waals surface area contributed by atoms with Crippen molar-refractivity contribution in [2.75, 3.05) is 25.2 Å². The van der Waals surface area contributed by atoms with Gasteiger partial charge in [-0.3, -0.25) is 5.32 Å². The van der Waals surface area contributed by atoms with Gasteiger partial charge in [-0.25, -0.2) is 12.6 Å². The van der Waals surface area contributed by atoms with Gasteiger partial charge in [0.05, 0.1) is 29.6 Å². The fourth-order valence-corrected chi connectivity index (χ4v) is 7.13. The number of nitrogens with one attached hydrogen (secondary N) is 2. The van der Waals surface area contributed by atoms with Crippen molar-refractivity contribution in [1.29, 1.82) is 0 Å². The van der Waals surface area contributed by atoms with Gasteiger partial charge in [-0.05, 0) is 36.1 Å². The highest BCUT2D eigenvalue weighted by atomic mass is 32.2. The van der Waals surface area contributed by atoms with Crippen LogP contribution in [0.2, 0.25) is 0 Å². The van der Waals surface area contributed by atoms with E-state index in [4.69, 9.17) is 9.29 Å². The van der Waals surface area contributed by atoms with Crippen LogP contribution in [0.25, 0.3) is 0 Å². The van der Waals surface area contributed by atoms with E-state index in [1.807, 2.05) is 36.4 Å². The Bertz CT molecular complexity index is 1090. The lowest BCUT2D eigenvalue weighted by Gasteiger charge is -2.36. The topological polar surface area (TPSA) is 105 Å². The first kappa shape index (κ1) is 26.8. The van der Waals surface area contributed by atoms with Gasteiger partial charge in [0, 0.05) is 24.2 Å². The van der Waals surface area contributed by atoms with Gasteiger partial charge >= 0.3 is 0 Å². The second kappa shape index (κ2) is 11.8. The number of ether oxygens (including phenoxy) is 1. The maximum absolute atomic E-state index is 13.8. The molecule has 3 rings (SSSR count). The number of unbranched alkanes of at least 4 members (excludes halogenated alkanes) is 1. The molecule has 0 saturated heterocycles. The van der Waals surface area contributed by atoms with Gasteiger partial charge < -0.3 is 14.6 Å². The number of fused-ring (bicyclic) bond motifs is 1. The summed E-state index contributed by atoms with van der Waals surface area (Å²) in [7, 11) is -2.02. The molecule has 1 unspecified atom stereocenters. The van der Waals surface area contributed by atoms with Crippen molar-refractivity contribution in [2.45, 2.75) is 62.6 Å². The maximum atomic E-state index is 13.8. The predicted octanol–water partition coefficient (Wildman–Crippen LogP) is 3.81. The van der Waals surface area contributed by atoms with E-state index in [2.05, 4.69) is 24.5 Å². The van der Waals surface area contributed by atoms with E-state index >= 15 is 0 Å². The van der Waals surface area contributed by atoms with Gasteiger partial charge in [0.1, 0.15) is 5.75 Å². The summed E-state index contributed by atoms with van der Waals surface area (Å²) in [5, 5.41) is 6.88. The minimum atomic E-state index is -3.60. The molecular formula is C25H36N2O5S2. The first-order valence-corrected chi connectivity index (χ1v) is 14.7. The molecule has 1 aliphatic heterocycles. The Hall–Kier alpha value is -1.78. The molecule has 3 atom stereocenters. The third kappa shape index (κ3) is 6.26. The Balaban J connectivity index is 2.13. The second-order valence-electron chi connectivity index (χ2n) is 8.89. The van der Waals surface area contributed by atoms with Gasteiger partial charge in [0.2, 0.25) is 0 Å². The van der Waals surface area contributed by atoms with Crippen molar-refractivity contribution in [3.8, 4) is 5.75 Å². The second-order valence-corrected chi connectivity index (χ2v) is 11.9. The fraction of sp³-hybridized carbons (Fsp3) is 0.520. The highest BCUT2D eigenvalue weighted by Gasteiger charge is 2.42. The lowest BCUT2D eigenvalue weighted by atomic mass is 9.88. The van der Waals surface area contributed by atoms with Crippen LogP contribution >= 0.6 is 0 Å². The molecular weight excluding hydrogens is 472 g/mol. The van der Waals surface area contributed by atoms with Gasteiger partial charge in [-0.1, -0.05) is 57.0 Å². The van der Waals surface area contributed by atoms with Crippen LogP contribution in [0.15, 0.2) is 47.4 Å². The largest absolute Gasteiger partial charge is 0.496 e. The van der Waals surface area contributed by atoms with Crippen LogP contribution in [-0.4, -0.2) is 47.9 Å². The van der Waals surface area contributed by atoms with Crippen LogP contribution in [0.5, 0.6) is 5.75 Å². The van der Waals surface area contributed by atoms with Crippen molar-refractivity contribution in [1.82, 2.24) is 10.6 Å². The summed E-state index contributed by atoms with van der Waals surface area (Å²) < 4.78 is 53.2. The van der Waals surface area contributed by atoms with Crippen molar-refractivity contribution >= 4 is 20.9 Å². The fourth-order valence-electron chi connectivity index (χ4n) is 4.64. The molecule has 0 spiro atoms. The first-order valence-electron chi connectivity index (χ1n) is 11.8. The lowest BCUT2D eigenvalue weighted by Crippen LogP contribution is -2.50. The third-order valence-electron chi connectivity index (χ3n) is 6.56. The van der Waals surface area contributed by atoms with Crippen molar-refractivity contribution in [2.24, 2.45) is 0 Å². The zero-order valence-corrected chi connectivity index (χ0v) is 21.8. The van der Waals surface area contributed by atoms with Crippen molar-refractivity contribution < 1.29 is 21.9 Å². The molecule has 1 aliphatic rings. The zero-order chi connectivity index (χ0) is 24.8. The van der Waals surface area contributed by atoms with Crippen molar-refractivity contribution in [3.05, 3.63) is 59.2 Å². The van der Waals surface area contributed by atoms with Crippen LogP contribution in [0.1, 0.15) is 62.3 Å². The van der Waals surface area contributed by atoms with E-state index in [1.165, 1.54) is 0 Å². The Kier molecular flexibility index (Phi) is 9.28. The first-order chi connectivity index (χ1) is 16.2. The molecule has 0 amide bonds. The van der Waals surface area contributed by atoms with E-state index in [-0.39, 0.29) is 17.5 Å². The highest BCUT2D eigenvalue weighted by molar-refractivity contribution is 7.91. The third-order valence-corrected chi connectivity index (χ3v) is 9.07. The molecule has 0 aliphatic carbocycles. The van der Waals surface area contributed by atoms with E-state index in [9.17, 15) is 12.6 Å². The van der Waals surface area contributed by atoms with Crippen LogP contribution in [0.3, 0.4) is 0 Å². The summed E-state index contributed by atoms with van der Waals surface area (Å²) >= 11 is -1.88. The number of hydrogen-bond acceptors (Lipinski definition) is 6. The van der Waals surface area contributed by atoms with Gasteiger partial charge in [0.25, 0.3) is 0 Å². The number of hydrogen-bond donors (Lipinski definition) is 3. The standard InChI is InChI=1S/C25H36N2O5S2/c1-4-6-12-25(5-2)18-34(30,31)23-15-20(17-26-13-14-33(28)29)22(32-3)16-21(23)24(27-25)19-10-8-7-9-11-19/h7-11,15-16,24,26-27H,4-6,12-14,17-18H2,1-3H3,(H,28,29)/t24-,25-/m1/s1. The van der Waals surface area contributed by atoms with E-state index in [0.29, 0.717) is 41.3 Å². The summed E-state index contributed by atoms with van der Waals surface area (Å²) in [6, 6.07) is 13.2. The SMILES string of the molecule is CCCC[C@]1(CC)CS(=O)(=O)c2cc(CNCCS(=O)O)c(OC)cc2[C@@H](c2ccccc2)N1. The molecule has 0 bridgehead atoms. The van der Waals surface area contributed by atoms with Crippen LogP contribution < -0.4 is 15.4 Å². The zero-order valence-electron chi connectivity index (χ0n) is 20.2. The van der Waals surface area contributed by atoms with Gasteiger partial charge in [-0.15, -0.1) is 0 Å². The Morgan fingerprint density at radius 1 is 1.24 bits per heavy atom. The molecule has 9 heteroatoms. The summed E-state index contributed by atoms with van der Waals surface area (Å²) in [5.74, 6) is 0.726. The number of sulfone groups is 1. The molecule has 1 heterocycles. The van der Waals surface area contributed by atoms with Crippen molar-refractivity contribution in [3.63, 3.8) is 0 Å². The quantitative estimate of drug-likeness (QED) is 0.313. The molecule has 0 fully saturated rings. The smallest absolute Gasteiger partial charge is 0.180 e. The summed E-state index contributed by atoms with van der Waals surface area (Å²) in [4.78, 5) is 0.323. The molecule has 2 aromatic carbocycles. The average Bonchev–Trinajstić information content (AvgIpc) is 2.92. The monoisotopic (exact) mass is 508 g/mol. The van der Waals surface area contributed by atoms with Gasteiger partial charge in [0.15, 0.2) is 20.9 Å². The summed E-state index contributed by atoms with van der Waals surface area (Å²) in [6.45, 7) is 4.84. The van der Waals surface area contributed by atoms with E-state index < -0.39 is 26.5 Å². The Morgan fingerprint density at radius 2 is 1.97 bits per heavy atom. The number of rotatable bonds is 11. The predicted molar refractivity (Wildman–Crippen MR) is 136 cm³/mol. The molecule has 0 aromatic heterocycles. The van der Waals surface area contributed by atoms with E-state index in [0.717, 1.165) is 24.8 Å². The maximum Gasteiger partial charge on any atom is 0.180 e. The molecule has 7 nitrogen and oxygen atoms in total. The Morgan fingerprint density at radius 3 is 2.59 bits per heavy atom. The number of benzene rings is 2. The molecule has 34 heavy (non-hydrogen) atoms. The van der Waals surface area contributed by atoms with Gasteiger partial charge in [-0.2, -0.15) is 0 Å². The van der Waals surface area contributed by atoms with Crippen LogP contribution in [-0.2, 0) is 27.5 Å². The summed E-state index contributed by atoms with van der Waals surface area (Å²) in [5.41, 5.74) is 1.87. The highest BCUT2D eigenvalue weighted by Crippen LogP contribution is 2.40.